The molecule has 104 valence electrons. The van der Waals surface area contributed by atoms with E-state index in [4.69, 9.17) is 5.73 Å². The molecule has 0 unspecified atom stereocenters. The van der Waals surface area contributed by atoms with Gasteiger partial charge in [-0.2, -0.15) is 0 Å². The van der Waals surface area contributed by atoms with Gasteiger partial charge in [0.25, 0.3) is 5.91 Å². The molecule has 0 radical (unpaired) electrons. The molecule has 0 fully saturated rings. The first kappa shape index (κ1) is 15.0. The average molecular weight is 263 g/mol. The molecule has 0 spiro atoms. The van der Waals surface area contributed by atoms with Crippen molar-refractivity contribution in [3.05, 3.63) is 29.3 Å². The lowest BCUT2D eigenvalue weighted by molar-refractivity contribution is -0.119. The number of carbonyl (C=O) groups excluding carboxylic acids is 2. The molecule has 0 aliphatic heterocycles. The van der Waals surface area contributed by atoms with Crippen LogP contribution in [0.15, 0.2) is 18.2 Å². The van der Waals surface area contributed by atoms with Gasteiger partial charge in [0.1, 0.15) is 0 Å². The van der Waals surface area contributed by atoms with Crippen LogP contribution in [0.1, 0.15) is 36.2 Å². The van der Waals surface area contributed by atoms with E-state index in [1.807, 2.05) is 19.1 Å². The molecule has 5 heteroatoms. The van der Waals surface area contributed by atoms with Gasteiger partial charge in [-0.05, 0) is 38.5 Å². The summed E-state index contributed by atoms with van der Waals surface area (Å²) in [7, 11) is 1.76. The predicted octanol–water partition coefficient (Wildman–Crippen LogP) is 1.42. The maximum absolute atomic E-state index is 12.2. The molecule has 1 aromatic rings. The molecule has 4 N–H and O–H groups in total. The molecule has 19 heavy (non-hydrogen) atoms. The Bertz CT molecular complexity index is 495. The van der Waals surface area contributed by atoms with Crippen molar-refractivity contribution < 1.29 is 9.59 Å². The summed E-state index contributed by atoms with van der Waals surface area (Å²) < 4.78 is 0. The van der Waals surface area contributed by atoms with Crippen LogP contribution in [0.3, 0.4) is 0 Å². The fraction of sp³-hybridized carbons (Fsp3) is 0.429. The minimum Gasteiger partial charge on any atom is -0.387 e. The summed E-state index contributed by atoms with van der Waals surface area (Å²) in [6.07, 6.45) is 0.0967. The van der Waals surface area contributed by atoms with Gasteiger partial charge in [-0.1, -0.05) is 6.07 Å². The molecule has 0 saturated carbocycles. The van der Waals surface area contributed by atoms with Gasteiger partial charge in [-0.15, -0.1) is 0 Å². The largest absolute Gasteiger partial charge is 0.387 e. The molecule has 0 saturated heterocycles. The summed E-state index contributed by atoms with van der Waals surface area (Å²) in [5.41, 5.74) is 6.87. The van der Waals surface area contributed by atoms with Crippen molar-refractivity contribution in [2.45, 2.75) is 32.7 Å². The summed E-state index contributed by atoms with van der Waals surface area (Å²) >= 11 is 0. The zero-order valence-corrected chi connectivity index (χ0v) is 11.8. The molecular weight excluding hydrogens is 242 g/mol. The Morgan fingerprint density at radius 2 is 1.95 bits per heavy atom. The maximum atomic E-state index is 12.2. The number of hydrogen-bond donors (Lipinski definition) is 3. The summed E-state index contributed by atoms with van der Waals surface area (Å²) in [5.74, 6) is -0.668. The van der Waals surface area contributed by atoms with E-state index in [-0.39, 0.29) is 12.3 Å². The van der Waals surface area contributed by atoms with E-state index < -0.39 is 11.4 Å². The Balaban J connectivity index is 2.92. The lowest BCUT2D eigenvalue weighted by atomic mass is 9.99. The number of nitrogens with one attached hydrogen (secondary N) is 2. The van der Waals surface area contributed by atoms with Crippen LogP contribution in [-0.4, -0.2) is 24.4 Å². The quantitative estimate of drug-likeness (QED) is 0.751. The minimum atomic E-state index is -0.668. The zero-order chi connectivity index (χ0) is 14.6. The third kappa shape index (κ3) is 4.28. The third-order valence-electron chi connectivity index (χ3n) is 2.76. The second kappa shape index (κ2) is 5.73. The van der Waals surface area contributed by atoms with Crippen LogP contribution < -0.4 is 16.4 Å². The molecule has 1 aromatic carbocycles. The number of primary amides is 1. The van der Waals surface area contributed by atoms with Crippen LogP contribution in [-0.2, 0) is 4.79 Å². The summed E-state index contributed by atoms with van der Waals surface area (Å²) in [5, 5.41) is 5.81. The van der Waals surface area contributed by atoms with Crippen LogP contribution in [0.5, 0.6) is 0 Å². The van der Waals surface area contributed by atoms with Crippen molar-refractivity contribution in [2.24, 2.45) is 5.73 Å². The lowest BCUT2D eigenvalue weighted by Crippen LogP contribution is -2.46. The first-order valence-corrected chi connectivity index (χ1v) is 6.14. The van der Waals surface area contributed by atoms with E-state index in [1.165, 1.54) is 0 Å². The first-order chi connectivity index (χ1) is 8.75. The summed E-state index contributed by atoms with van der Waals surface area (Å²) in [6.45, 7) is 5.49. The number of anilines is 1. The van der Waals surface area contributed by atoms with E-state index in [0.29, 0.717) is 5.56 Å². The molecule has 1 rings (SSSR count). The fourth-order valence-corrected chi connectivity index (χ4v) is 1.92. The van der Waals surface area contributed by atoms with E-state index in [9.17, 15) is 9.59 Å². The maximum Gasteiger partial charge on any atom is 0.253 e. The molecular formula is C14H21N3O2. The fourth-order valence-electron chi connectivity index (χ4n) is 1.92. The zero-order valence-electron chi connectivity index (χ0n) is 11.8. The minimum absolute atomic E-state index is 0.0967. The molecule has 0 heterocycles. The van der Waals surface area contributed by atoms with E-state index in [1.54, 1.807) is 27.0 Å². The highest BCUT2D eigenvalue weighted by atomic mass is 16.2. The van der Waals surface area contributed by atoms with Crippen molar-refractivity contribution in [1.29, 1.82) is 0 Å². The van der Waals surface area contributed by atoms with Gasteiger partial charge in [0.15, 0.2) is 0 Å². The molecule has 2 amide bonds. The smallest absolute Gasteiger partial charge is 0.253 e. The SMILES string of the molecule is CNc1cc(C)ccc1C(=O)NC(C)(C)CC(N)=O. The van der Waals surface area contributed by atoms with Gasteiger partial charge < -0.3 is 16.4 Å². The van der Waals surface area contributed by atoms with Gasteiger partial charge in [-0.3, -0.25) is 9.59 Å². The standard InChI is InChI=1S/C14H21N3O2/c1-9-5-6-10(11(7-9)16-4)13(19)17-14(2,3)8-12(15)18/h5-7,16H,8H2,1-4H3,(H2,15,18)(H,17,19). The highest BCUT2D eigenvalue weighted by Gasteiger charge is 2.24. The normalized spacial score (nSPS) is 10.9. The second-order valence-electron chi connectivity index (χ2n) is 5.28. The van der Waals surface area contributed by atoms with Crippen molar-refractivity contribution in [1.82, 2.24) is 5.32 Å². The molecule has 0 aliphatic carbocycles. The first-order valence-electron chi connectivity index (χ1n) is 6.14. The average Bonchev–Trinajstić information content (AvgIpc) is 2.25. The Morgan fingerprint density at radius 3 is 2.47 bits per heavy atom. The molecule has 0 atom stereocenters. The predicted molar refractivity (Wildman–Crippen MR) is 76.1 cm³/mol. The van der Waals surface area contributed by atoms with Crippen molar-refractivity contribution >= 4 is 17.5 Å². The topological polar surface area (TPSA) is 84.2 Å². The molecule has 0 aliphatic rings. The number of hydrogen-bond acceptors (Lipinski definition) is 3. The number of aryl methyl sites for hydroxylation is 1. The highest BCUT2D eigenvalue weighted by Crippen LogP contribution is 2.18. The number of nitrogens with two attached hydrogens (primary N) is 1. The Labute approximate surface area is 113 Å². The van der Waals surface area contributed by atoms with Crippen molar-refractivity contribution in [2.75, 3.05) is 12.4 Å². The lowest BCUT2D eigenvalue weighted by Gasteiger charge is -2.25. The summed E-state index contributed by atoms with van der Waals surface area (Å²) in [4.78, 5) is 23.2. The van der Waals surface area contributed by atoms with Gasteiger partial charge in [-0.25, -0.2) is 0 Å². The van der Waals surface area contributed by atoms with Gasteiger partial charge in [0.05, 0.1) is 5.56 Å². The number of rotatable bonds is 5. The van der Waals surface area contributed by atoms with Crippen LogP contribution in [0.4, 0.5) is 5.69 Å². The van der Waals surface area contributed by atoms with Gasteiger partial charge in [0.2, 0.25) is 5.91 Å². The number of benzene rings is 1. The second-order valence-corrected chi connectivity index (χ2v) is 5.28. The van der Waals surface area contributed by atoms with Crippen molar-refractivity contribution in [3.63, 3.8) is 0 Å². The van der Waals surface area contributed by atoms with Gasteiger partial charge >= 0.3 is 0 Å². The summed E-state index contributed by atoms with van der Waals surface area (Å²) in [6, 6.07) is 5.53. The molecule has 5 nitrogen and oxygen atoms in total. The highest BCUT2D eigenvalue weighted by molar-refractivity contribution is 6.00. The van der Waals surface area contributed by atoms with Crippen LogP contribution in [0, 0.1) is 6.92 Å². The third-order valence-corrected chi connectivity index (χ3v) is 2.76. The van der Waals surface area contributed by atoms with Crippen molar-refractivity contribution in [3.8, 4) is 0 Å². The van der Waals surface area contributed by atoms with E-state index in [0.717, 1.165) is 11.3 Å². The van der Waals surface area contributed by atoms with E-state index in [2.05, 4.69) is 10.6 Å². The Kier molecular flexibility index (Phi) is 4.53. The van der Waals surface area contributed by atoms with E-state index >= 15 is 0 Å². The van der Waals surface area contributed by atoms with Crippen LogP contribution in [0.25, 0.3) is 0 Å². The Morgan fingerprint density at radius 1 is 1.32 bits per heavy atom. The Hall–Kier alpha value is -2.04. The molecule has 0 aromatic heterocycles. The van der Waals surface area contributed by atoms with Crippen LogP contribution in [0.2, 0.25) is 0 Å². The van der Waals surface area contributed by atoms with Gasteiger partial charge in [0, 0.05) is 24.7 Å². The molecule has 0 bridgehead atoms. The van der Waals surface area contributed by atoms with Crippen LogP contribution >= 0.6 is 0 Å². The number of amides is 2. The number of carbonyl (C=O) groups is 2. The monoisotopic (exact) mass is 263 g/mol.